The lowest BCUT2D eigenvalue weighted by molar-refractivity contribution is -0.138. The number of aliphatic carboxylic acids is 2. The number of halogens is 1. The molecule has 0 aliphatic rings. The molecule has 2 aromatic rings. The van der Waals surface area contributed by atoms with Crippen LogP contribution in [0.2, 0.25) is 0 Å². The first-order chi connectivity index (χ1) is 20.7. The molecule has 0 saturated heterocycles. The molecular weight excluding hydrogens is 644 g/mol. The Kier molecular flexibility index (Phi) is 22.2. The smallest absolute Gasteiger partial charge is 0.303 e. The number of benzene rings is 2. The SMILES string of the molecule is CCCCCC(=O)O.COc1cc(OC)cc(C(C)(C)/C=C/CCCC(=O)O)c1.COc1cc(OC)cc(C(C)(C)C=O)c1.[Br-]. The largest absolute Gasteiger partial charge is 1.00 e. The molecule has 0 atom stereocenters. The van der Waals surface area contributed by atoms with Crippen molar-refractivity contribution in [2.24, 2.45) is 0 Å². The van der Waals surface area contributed by atoms with Crippen LogP contribution in [0.4, 0.5) is 0 Å². The summed E-state index contributed by atoms with van der Waals surface area (Å²) in [6.45, 7) is 9.98. The van der Waals surface area contributed by atoms with E-state index in [1.165, 1.54) is 0 Å². The fourth-order valence-electron chi connectivity index (χ4n) is 3.80. The van der Waals surface area contributed by atoms with Gasteiger partial charge >= 0.3 is 11.9 Å². The predicted octanol–water partition coefficient (Wildman–Crippen LogP) is 4.63. The van der Waals surface area contributed by atoms with E-state index in [4.69, 9.17) is 29.2 Å². The van der Waals surface area contributed by atoms with Crippen LogP contribution in [-0.4, -0.2) is 56.9 Å². The summed E-state index contributed by atoms with van der Waals surface area (Å²) in [6, 6.07) is 11.3. The minimum atomic E-state index is -0.750. The van der Waals surface area contributed by atoms with Crippen molar-refractivity contribution >= 4 is 18.2 Å². The summed E-state index contributed by atoms with van der Waals surface area (Å²) in [5.74, 6) is 1.48. The van der Waals surface area contributed by atoms with Gasteiger partial charge in [-0.1, -0.05) is 45.8 Å². The van der Waals surface area contributed by atoms with E-state index >= 15 is 0 Å². The first-order valence-corrected chi connectivity index (χ1v) is 14.7. The van der Waals surface area contributed by atoms with Crippen LogP contribution in [0, 0.1) is 0 Å². The minimum absolute atomic E-state index is 0. The molecule has 10 heteroatoms. The molecule has 0 bridgehead atoms. The van der Waals surface area contributed by atoms with Crippen LogP contribution in [-0.2, 0) is 25.2 Å². The zero-order valence-electron chi connectivity index (χ0n) is 28.3. The van der Waals surface area contributed by atoms with Gasteiger partial charge in [0.05, 0.1) is 28.4 Å². The molecule has 9 nitrogen and oxygen atoms in total. The van der Waals surface area contributed by atoms with Crippen molar-refractivity contribution in [3.63, 3.8) is 0 Å². The van der Waals surface area contributed by atoms with E-state index in [1.807, 2.05) is 50.3 Å². The molecule has 0 aliphatic heterocycles. The van der Waals surface area contributed by atoms with Gasteiger partial charge in [0.15, 0.2) is 0 Å². The van der Waals surface area contributed by atoms with E-state index in [0.717, 1.165) is 54.6 Å². The summed E-state index contributed by atoms with van der Waals surface area (Å²) in [5, 5.41) is 16.8. The molecule has 0 spiro atoms. The number of hydrogen-bond donors (Lipinski definition) is 2. The molecule has 0 radical (unpaired) electrons. The van der Waals surface area contributed by atoms with E-state index < -0.39 is 17.4 Å². The zero-order chi connectivity index (χ0) is 33.8. The Labute approximate surface area is 279 Å². The van der Waals surface area contributed by atoms with Gasteiger partial charge in [-0.15, -0.1) is 0 Å². The van der Waals surface area contributed by atoms with Crippen molar-refractivity contribution < 1.29 is 60.5 Å². The summed E-state index contributed by atoms with van der Waals surface area (Å²) in [5.41, 5.74) is 1.27. The number of unbranched alkanes of at least 4 members (excludes halogenated alkanes) is 3. The Morgan fingerprint density at radius 2 is 1.04 bits per heavy atom. The number of allylic oxidation sites excluding steroid dienone is 2. The number of carbonyl (C=O) groups is 3. The van der Waals surface area contributed by atoms with Gasteiger partial charge < -0.3 is 50.9 Å². The van der Waals surface area contributed by atoms with Gasteiger partial charge in [0.2, 0.25) is 0 Å². The van der Waals surface area contributed by atoms with Crippen LogP contribution < -0.4 is 35.9 Å². The molecule has 0 saturated carbocycles. The molecule has 0 unspecified atom stereocenters. The first-order valence-electron chi connectivity index (χ1n) is 14.7. The van der Waals surface area contributed by atoms with Crippen molar-refractivity contribution in [3.8, 4) is 23.0 Å². The normalized spacial score (nSPS) is 10.7. The van der Waals surface area contributed by atoms with Crippen molar-refractivity contribution in [2.45, 2.75) is 90.4 Å². The van der Waals surface area contributed by atoms with E-state index in [1.54, 1.807) is 34.5 Å². The lowest BCUT2D eigenvalue weighted by Gasteiger charge is -2.22. The number of carboxylic acid groups (broad SMARTS) is 2. The van der Waals surface area contributed by atoms with Gasteiger partial charge in [-0.3, -0.25) is 9.59 Å². The van der Waals surface area contributed by atoms with Gasteiger partial charge in [0.1, 0.15) is 29.3 Å². The number of aldehydes is 1. The molecule has 0 amide bonds. The van der Waals surface area contributed by atoms with Crippen molar-refractivity contribution in [1.82, 2.24) is 0 Å². The Balaban J connectivity index is 0. The van der Waals surface area contributed by atoms with Crippen molar-refractivity contribution in [1.29, 1.82) is 0 Å². The van der Waals surface area contributed by atoms with E-state index in [0.29, 0.717) is 24.3 Å². The van der Waals surface area contributed by atoms with E-state index in [-0.39, 0.29) is 28.8 Å². The zero-order valence-corrected chi connectivity index (χ0v) is 29.9. The third-order valence-corrected chi connectivity index (χ3v) is 6.78. The van der Waals surface area contributed by atoms with Gasteiger partial charge in [-0.25, -0.2) is 0 Å². The highest BCUT2D eigenvalue weighted by molar-refractivity contribution is 5.68. The monoisotopic (exact) mass is 695 g/mol. The highest BCUT2D eigenvalue weighted by Crippen LogP contribution is 2.32. The Morgan fingerprint density at radius 3 is 1.38 bits per heavy atom. The second-order valence-electron chi connectivity index (χ2n) is 11.3. The van der Waals surface area contributed by atoms with Gasteiger partial charge in [-0.05, 0) is 68.5 Å². The molecule has 0 heterocycles. The highest BCUT2D eigenvalue weighted by atomic mass is 79.9. The molecule has 254 valence electrons. The number of carboxylic acids is 2. The second-order valence-corrected chi connectivity index (χ2v) is 11.3. The Morgan fingerprint density at radius 1 is 0.667 bits per heavy atom. The maximum Gasteiger partial charge on any atom is 0.303 e. The number of carbonyl (C=O) groups excluding carboxylic acids is 1. The summed E-state index contributed by atoms with van der Waals surface area (Å²) in [7, 11) is 6.44. The number of ether oxygens (including phenoxy) is 4. The highest BCUT2D eigenvalue weighted by Gasteiger charge is 2.21. The summed E-state index contributed by atoms with van der Waals surface area (Å²) in [4.78, 5) is 31.3. The average Bonchev–Trinajstić information content (AvgIpc) is 3.00. The molecule has 0 aliphatic carbocycles. The fraction of sp³-hybridized carbons (Fsp3) is 0.514. The second kappa shape index (κ2) is 22.9. The average molecular weight is 697 g/mol. The molecule has 45 heavy (non-hydrogen) atoms. The van der Waals surface area contributed by atoms with Gasteiger partial charge in [-0.2, -0.15) is 0 Å². The van der Waals surface area contributed by atoms with Crippen LogP contribution in [0.25, 0.3) is 0 Å². The predicted molar refractivity (Wildman–Crippen MR) is 174 cm³/mol. The third-order valence-electron chi connectivity index (χ3n) is 6.78. The molecule has 2 rings (SSSR count). The van der Waals surface area contributed by atoms with Crippen LogP contribution in [0.5, 0.6) is 23.0 Å². The van der Waals surface area contributed by atoms with Crippen molar-refractivity contribution in [3.05, 3.63) is 59.7 Å². The standard InChI is InChI=1S/C17H24O4.C12H16O3.C6H12O2.BrH/c1-17(2,9-7-5-6-8-16(18)19)13-10-14(20-3)12-15(11-13)21-4;1-12(2,8-13)9-5-10(14-3)7-11(6-9)15-4;1-2-3-4-5-6(7)8;/h7,9-12H,5-6,8H2,1-4H3,(H,18,19);5-8H,1-4H3;2-5H2,1H3,(H,7,8);1H/p-1/b9-7+;;;. The van der Waals surface area contributed by atoms with Crippen LogP contribution in [0.1, 0.15) is 90.7 Å². The minimum Gasteiger partial charge on any atom is -1.00 e. The lowest BCUT2D eigenvalue weighted by atomic mass is 9.84. The fourth-order valence-corrected chi connectivity index (χ4v) is 3.80. The van der Waals surface area contributed by atoms with Gasteiger partial charge in [0, 0.05) is 35.8 Å². The third kappa shape index (κ3) is 18.1. The summed E-state index contributed by atoms with van der Waals surface area (Å²) >= 11 is 0. The molecule has 0 aromatic heterocycles. The Bertz CT molecular complexity index is 1150. The van der Waals surface area contributed by atoms with Crippen LogP contribution in [0.3, 0.4) is 0 Å². The quantitative estimate of drug-likeness (QED) is 0.147. The maximum atomic E-state index is 10.9. The van der Waals surface area contributed by atoms with E-state index in [2.05, 4.69) is 26.8 Å². The van der Waals surface area contributed by atoms with E-state index in [9.17, 15) is 14.4 Å². The molecular formula is C35H52BrO9-. The Hall–Kier alpha value is -3.53. The van der Waals surface area contributed by atoms with Crippen LogP contribution in [0.15, 0.2) is 48.6 Å². The topological polar surface area (TPSA) is 129 Å². The maximum absolute atomic E-state index is 10.9. The molecule has 0 fully saturated rings. The molecule has 2 aromatic carbocycles. The number of methoxy groups -OCH3 is 4. The van der Waals surface area contributed by atoms with Crippen molar-refractivity contribution in [2.75, 3.05) is 28.4 Å². The number of rotatable bonds is 16. The summed E-state index contributed by atoms with van der Waals surface area (Å²) in [6.07, 6.45) is 9.95. The molecule has 2 N–H and O–H groups in total. The first kappa shape index (κ1) is 43.6. The van der Waals surface area contributed by atoms with Crippen LogP contribution >= 0.6 is 0 Å². The number of hydrogen-bond acceptors (Lipinski definition) is 7. The van der Waals surface area contributed by atoms with Gasteiger partial charge in [0.25, 0.3) is 0 Å². The lowest BCUT2D eigenvalue weighted by Crippen LogP contribution is -3.00. The summed E-state index contributed by atoms with van der Waals surface area (Å²) < 4.78 is 20.9.